The Labute approximate surface area is 100 Å². The van der Waals surface area contributed by atoms with Crippen LogP contribution in [0.15, 0.2) is 0 Å². The molecule has 90 valence electrons. The Morgan fingerprint density at radius 3 is 2.94 bits per heavy atom. The van der Waals surface area contributed by atoms with Crippen LogP contribution in [0.4, 0.5) is 4.79 Å². The first kappa shape index (κ1) is 11.8. The molecule has 4 nitrogen and oxygen atoms in total. The lowest BCUT2D eigenvalue weighted by atomic mass is 10.1. The number of imide groups is 1. The summed E-state index contributed by atoms with van der Waals surface area (Å²) in [5.41, 5.74) is 0. The monoisotopic (exact) mass is 242 g/mol. The van der Waals surface area contributed by atoms with Crippen molar-refractivity contribution >= 4 is 23.7 Å². The van der Waals surface area contributed by atoms with Gasteiger partial charge in [0, 0.05) is 18.3 Å². The Morgan fingerprint density at radius 1 is 1.44 bits per heavy atom. The lowest BCUT2D eigenvalue weighted by molar-refractivity contribution is -0.125. The topological polar surface area (TPSA) is 49.4 Å². The van der Waals surface area contributed by atoms with Crippen LogP contribution in [-0.2, 0) is 4.79 Å². The molecule has 2 fully saturated rings. The van der Waals surface area contributed by atoms with Gasteiger partial charge in [-0.1, -0.05) is 13.3 Å². The van der Waals surface area contributed by atoms with Crippen molar-refractivity contribution in [3.63, 3.8) is 0 Å². The zero-order valence-electron chi connectivity index (χ0n) is 9.57. The number of carbonyl (C=O) groups is 2. The van der Waals surface area contributed by atoms with E-state index in [1.165, 1.54) is 25.0 Å². The minimum Gasteiger partial charge on any atom is -0.323 e. The molecule has 0 spiro atoms. The number of hydrogen-bond acceptors (Lipinski definition) is 3. The van der Waals surface area contributed by atoms with Gasteiger partial charge in [-0.05, 0) is 18.6 Å². The molecular weight excluding hydrogens is 224 g/mol. The van der Waals surface area contributed by atoms with Crippen LogP contribution in [0.2, 0.25) is 0 Å². The first-order valence-electron chi connectivity index (χ1n) is 5.88. The van der Waals surface area contributed by atoms with E-state index >= 15 is 0 Å². The van der Waals surface area contributed by atoms with Crippen molar-refractivity contribution in [1.29, 1.82) is 0 Å². The highest BCUT2D eigenvalue weighted by Crippen LogP contribution is 2.26. The van der Waals surface area contributed by atoms with Crippen LogP contribution in [0.1, 0.15) is 26.2 Å². The number of carbonyl (C=O) groups excluding carboxylic acids is 2. The molecule has 1 N–H and O–H groups in total. The van der Waals surface area contributed by atoms with Crippen LogP contribution >= 0.6 is 11.8 Å². The van der Waals surface area contributed by atoms with E-state index in [9.17, 15) is 9.59 Å². The summed E-state index contributed by atoms with van der Waals surface area (Å²) in [5.74, 6) is 0.984. The summed E-state index contributed by atoms with van der Waals surface area (Å²) in [6, 6.07) is -0.214. The van der Waals surface area contributed by atoms with Crippen LogP contribution < -0.4 is 5.32 Å². The Bertz CT molecular complexity index is 290. The molecule has 2 saturated heterocycles. The summed E-state index contributed by atoms with van der Waals surface area (Å²) in [5, 5.41) is 2.96. The molecule has 2 aliphatic rings. The summed E-state index contributed by atoms with van der Waals surface area (Å²) >= 11 is 1.95. The summed E-state index contributed by atoms with van der Waals surface area (Å²) in [4.78, 5) is 24.7. The van der Waals surface area contributed by atoms with Gasteiger partial charge >= 0.3 is 6.03 Å². The summed E-state index contributed by atoms with van der Waals surface area (Å²) in [6.07, 6.45) is 3.75. The Morgan fingerprint density at radius 2 is 2.25 bits per heavy atom. The summed E-state index contributed by atoms with van der Waals surface area (Å²) in [6.45, 7) is 3.22. The standard InChI is InChI=1S/C11H18N2O2S/c1-8-6-13(11(15)12-10(8)14)7-9-4-2-3-5-16-9/h8-9H,2-7H2,1H3,(H,12,14,15). The van der Waals surface area contributed by atoms with Crippen LogP contribution in [0.3, 0.4) is 0 Å². The molecule has 2 rings (SSSR count). The maximum atomic E-state index is 11.6. The fourth-order valence-corrected chi connectivity index (χ4v) is 3.48. The SMILES string of the molecule is CC1CN(CC2CCCCS2)C(=O)NC1=O. The molecular formula is C11H18N2O2S. The highest BCUT2D eigenvalue weighted by atomic mass is 32.2. The van der Waals surface area contributed by atoms with Crippen LogP contribution in [-0.4, -0.2) is 40.9 Å². The van der Waals surface area contributed by atoms with Gasteiger partial charge in [-0.25, -0.2) is 4.79 Å². The molecule has 2 atom stereocenters. The smallest absolute Gasteiger partial charge is 0.323 e. The fraction of sp³-hybridized carbons (Fsp3) is 0.818. The first-order chi connectivity index (χ1) is 7.66. The van der Waals surface area contributed by atoms with Gasteiger partial charge in [-0.15, -0.1) is 0 Å². The van der Waals surface area contributed by atoms with Gasteiger partial charge < -0.3 is 4.90 Å². The lowest BCUT2D eigenvalue weighted by Gasteiger charge is -2.34. The third-order valence-corrected chi connectivity index (χ3v) is 4.54. The molecule has 5 heteroatoms. The quantitative estimate of drug-likeness (QED) is 0.797. The summed E-state index contributed by atoms with van der Waals surface area (Å²) < 4.78 is 0. The third-order valence-electron chi connectivity index (χ3n) is 3.16. The van der Waals surface area contributed by atoms with E-state index in [2.05, 4.69) is 5.32 Å². The van der Waals surface area contributed by atoms with Gasteiger partial charge in [0.05, 0.1) is 5.92 Å². The normalized spacial score (nSPS) is 31.4. The third kappa shape index (κ3) is 2.70. The van der Waals surface area contributed by atoms with Gasteiger partial charge in [0.15, 0.2) is 0 Å². The van der Waals surface area contributed by atoms with Crippen molar-refractivity contribution < 1.29 is 9.59 Å². The van der Waals surface area contributed by atoms with E-state index in [1.807, 2.05) is 18.7 Å². The zero-order chi connectivity index (χ0) is 11.5. The molecule has 2 heterocycles. The molecule has 16 heavy (non-hydrogen) atoms. The van der Waals surface area contributed by atoms with Crippen molar-refractivity contribution in [1.82, 2.24) is 10.2 Å². The number of rotatable bonds is 2. The number of amides is 3. The second kappa shape index (κ2) is 5.08. The number of urea groups is 1. The Balaban J connectivity index is 1.88. The van der Waals surface area contributed by atoms with Crippen molar-refractivity contribution in [2.45, 2.75) is 31.4 Å². The average molecular weight is 242 g/mol. The van der Waals surface area contributed by atoms with Crippen molar-refractivity contribution in [2.24, 2.45) is 5.92 Å². The van der Waals surface area contributed by atoms with Gasteiger partial charge in [-0.2, -0.15) is 11.8 Å². The highest BCUT2D eigenvalue weighted by Gasteiger charge is 2.30. The van der Waals surface area contributed by atoms with E-state index in [0.29, 0.717) is 11.8 Å². The number of hydrogen-bond donors (Lipinski definition) is 1. The number of nitrogens with zero attached hydrogens (tertiary/aromatic N) is 1. The van der Waals surface area contributed by atoms with Gasteiger partial charge in [0.1, 0.15) is 0 Å². The van der Waals surface area contributed by atoms with Crippen molar-refractivity contribution in [2.75, 3.05) is 18.8 Å². The highest BCUT2D eigenvalue weighted by molar-refractivity contribution is 7.99. The van der Waals surface area contributed by atoms with Gasteiger partial charge in [0.2, 0.25) is 5.91 Å². The van der Waals surface area contributed by atoms with E-state index in [-0.39, 0.29) is 17.9 Å². The van der Waals surface area contributed by atoms with Crippen LogP contribution in [0.5, 0.6) is 0 Å². The van der Waals surface area contributed by atoms with Crippen LogP contribution in [0.25, 0.3) is 0 Å². The second-order valence-corrected chi connectivity index (χ2v) is 6.00. The predicted molar refractivity (Wildman–Crippen MR) is 64.4 cm³/mol. The zero-order valence-corrected chi connectivity index (χ0v) is 10.4. The molecule has 2 unspecified atom stereocenters. The second-order valence-electron chi connectivity index (χ2n) is 4.59. The molecule has 2 aliphatic heterocycles. The largest absolute Gasteiger partial charge is 0.324 e. The van der Waals surface area contributed by atoms with E-state index in [1.54, 1.807) is 4.90 Å². The Kier molecular flexibility index (Phi) is 3.74. The van der Waals surface area contributed by atoms with E-state index in [0.717, 1.165) is 6.54 Å². The molecule has 0 aromatic heterocycles. The first-order valence-corrected chi connectivity index (χ1v) is 6.93. The average Bonchev–Trinajstić information content (AvgIpc) is 2.27. The maximum absolute atomic E-state index is 11.6. The Hall–Kier alpha value is -0.710. The molecule has 0 aliphatic carbocycles. The molecule has 0 saturated carbocycles. The van der Waals surface area contributed by atoms with Gasteiger partial charge in [-0.3, -0.25) is 10.1 Å². The van der Waals surface area contributed by atoms with E-state index in [4.69, 9.17) is 0 Å². The van der Waals surface area contributed by atoms with Crippen LogP contribution in [0, 0.1) is 5.92 Å². The fourth-order valence-electron chi connectivity index (χ4n) is 2.16. The minimum absolute atomic E-state index is 0.0775. The number of thioether (sulfide) groups is 1. The van der Waals surface area contributed by atoms with Crippen molar-refractivity contribution in [3.05, 3.63) is 0 Å². The minimum atomic E-state index is -0.214. The number of nitrogens with one attached hydrogen (secondary N) is 1. The molecule has 0 aromatic carbocycles. The predicted octanol–water partition coefficient (Wildman–Crippen LogP) is 1.46. The van der Waals surface area contributed by atoms with Crippen molar-refractivity contribution in [3.8, 4) is 0 Å². The maximum Gasteiger partial charge on any atom is 0.324 e. The lowest BCUT2D eigenvalue weighted by Crippen LogP contribution is -2.55. The molecule has 0 radical (unpaired) electrons. The molecule has 0 bridgehead atoms. The summed E-state index contributed by atoms with van der Waals surface area (Å²) in [7, 11) is 0. The molecule has 0 aromatic rings. The van der Waals surface area contributed by atoms with Gasteiger partial charge in [0.25, 0.3) is 0 Å². The van der Waals surface area contributed by atoms with E-state index < -0.39 is 0 Å². The molecule has 3 amide bonds.